The van der Waals surface area contributed by atoms with Crippen LogP contribution in [0.2, 0.25) is 5.02 Å². The summed E-state index contributed by atoms with van der Waals surface area (Å²) in [5, 5.41) is 12.8. The molecule has 1 heterocycles. The topological polar surface area (TPSA) is 88.5 Å². The summed E-state index contributed by atoms with van der Waals surface area (Å²) in [5.41, 5.74) is 2.04. The second kappa shape index (κ2) is 6.75. The van der Waals surface area contributed by atoms with Crippen molar-refractivity contribution in [1.29, 1.82) is 0 Å². The third kappa shape index (κ3) is 3.49. The molecule has 0 spiro atoms. The molecule has 0 aliphatic heterocycles. The van der Waals surface area contributed by atoms with Gasteiger partial charge in [-0.1, -0.05) is 11.6 Å². The number of carboxylic acids is 1. The average molecular weight is 349 g/mol. The number of carboxylic acid groups (broad SMARTS) is 1. The average Bonchev–Trinajstić information content (AvgIpc) is 3.38. The molecule has 126 valence electrons. The first-order chi connectivity index (χ1) is 11.5. The van der Waals surface area contributed by atoms with E-state index in [9.17, 15) is 9.59 Å². The van der Waals surface area contributed by atoms with E-state index in [1.54, 1.807) is 24.3 Å². The molecule has 1 aliphatic rings. The van der Waals surface area contributed by atoms with Gasteiger partial charge in [0, 0.05) is 29.1 Å². The van der Waals surface area contributed by atoms with Gasteiger partial charge >= 0.3 is 5.97 Å². The minimum Gasteiger partial charge on any atom is -0.479 e. The van der Waals surface area contributed by atoms with Crippen LogP contribution in [0.25, 0.3) is 10.9 Å². The Balaban J connectivity index is 1.92. The summed E-state index contributed by atoms with van der Waals surface area (Å²) in [7, 11) is 1.29. The van der Waals surface area contributed by atoms with Crippen molar-refractivity contribution >= 4 is 34.4 Å². The molecule has 1 aliphatic carbocycles. The van der Waals surface area contributed by atoms with Crippen molar-refractivity contribution in [3.63, 3.8) is 0 Å². The SMILES string of the molecule is COC(CNC(=O)c1cc(C2CC2)nc2ccc(Cl)cc12)C(=O)O. The second-order valence-corrected chi connectivity index (χ2v) is 6.24. The van der Waals surface area contributed by atoms with Crippen LogP contribution in [0.3, 0.4) is 0 Å². The summed E-state index contributed by atoms with van der Waals surface area (Å²) >= 11 is 6.04. The zero-order valence-corrected chi connectivity index (χ0v) is 13.8. The van der Waals surface area contributed by atoms with E-state index in [1.165, 1.54) is 7.11 Å². The third-order valence-electron chi connectivity index (χ3n) is 4.04. The van der Waals surface area contributed by atoms with Crippen molar-refractivity contribution < 1.29 is 19.4 Å². The second-order valence-electron chi connectivity index (χ2n) is 5.80. The number of nitrogens with one attached hydrogen (secondary N) is 1. The number of benzene rings is 1. The zero-order chi connectivity index (χ0) is 17.3. The molecule has 1 amide bonds. The van der Waals surface area contributed by atoms with E-state index in [-0.39, 0.29) is 12.5 Å². The Kier molecular flexibility index (Phi) is 4.69. The van der Waals surface area contributed by atoms with Crippen LogP contribution in [-0.2, 0) is 9.53 Å². The van der Waals surface area contributed by atoms with Crippen LogP contribution < -0.4 is 5.32 Å². The quantitative estimate of drug-likeness (QED) is 0.837. The van der Waals surface area contributed by atoms with E-state index in [4.69, 9.17) is 21.4 Å². The zero-order valence-electron chi connectivity index (χ0n) is 13.1. The van der Waals surface area contributed by atoms with Gasteiger partial charge in [-0.3, -0.25) is 9.78 Å². The van der Waals surface area contributed by atoms with Gasteiger partial charge < -0.3 is 15.2 Å². The molecule has 1 aromatic heterocycles. The number of nitrogens with zero attached hydrogens (tertiary/aromatic N) is 1. The van der Waals surface area contributed by atoms with Crippen LogP contribution in [0.5, 0.6) is 0 Å². The smallest absolute Gasteiger partial charge is 0.334 e. The van der Waals surface area contributed by atoms with Crippen LogP contribution >= 0.6 is 11.6 Å². The molecule has 2 N–H and O–H groups in total. The lowest BCUT2D eigenvalue weighted by Gasteiger charge is -2.13. The molecular formula is C17H17ClN2O4. The summed E-state index contributed by atoms with van der Waals surface area (Å²) in [6.07, 6.45) is 1.05. The Morgan fingerprint density at radius 2 is 2.17 bits per heavy atom. The molecule has 7 heteroatoms. The molecule has 0 radical (unpaired) electrons. The van der Waals surface area contributed by atoms with Crippen LogP contribution in [0.1, 0.15) is 34.8 Å². The molecule has 6 nitrogen and oxygen atoms in total. The maximum absolute atomic E-state index is 12.6. The number of carbonyl (C=O) groups excluding carboxylic acids is 1. The number of ether oxygens (including phenoxy) is 1. The van der Waals surface area contributed by atoms with Crippen LogP contribution in [0.4, 0.5) is 0 Å². The molecular weight excluding hydrogens is 332 g/mol. The lowest BCUT2D eigenvalue weighted by molar-refractivity contribution is -0.148. The van der Waals surface area contributed by atoms with Gasteiger partial charge in [0.15, 0.2) is 6.10 Å². The minimum atomic E-state index is -1.13. The van der Waals surface area contributed by atoms with E-state index < -0.39 is 12.1 Å². The Bertz CT molecular complexity index is 805. The molecule has 0 bridgehead atoms. The van der Waals surface area contributed by atoms with Gasteiger partial charge in [-0.05, 0) is 37.1 Å². The van der Waals surface area contributed by atoms with Crippen molar-refractivity contribution in [1.82, 2.24) is 10.3 Å². The van der Waals surface area contributed by atoms with Crippen molar-refractivity contribution in [2.75, 3.05) is 13.7 Å². The van der Waals surface area contributed by atoms with Crippen molar-refractivity contribution in [3.05, 3.63) is 40.5 Å². The molecule has 0 saturated heterocycles. The Labute approximate surface area is 143 Å². The summed E-state index contributed by atoms with van der Waals surface area (Å²) in [4.78, 5) is 28.2. The van der Waals surface area contributed by atoms with Gasteiger partial charge in [-0.15, -0.1) is 0 Å². The van der Waals surface area contributed by atoms with Crippen LogP contribution in [0, 0.1) is 0 Å². The first-order valence-corrected chi connectivity index (χ1v) is 8.01. The van der Waals surface area contributed by atoms with E-state index in [0.29, 0.717) is 27.4 Å². The molecule has 2 aromatic rings. The first-order valence-electron chi connectivity index (χ1n) is 7.63. The minimum absolute atomic E-state index is 0.117. The number of pyridine rings is 1. The highest BCUT2D eigenvalue weighted by Gasteiger charge is 2.27. The van der Waals surface area contributed by atoms with Crippen molar-refractivity contribution in [2.45, 2.75) is 24.9 Å². The van der Waals surface area contributed by atoms with E-state index >= 15 is 0 Å². The fourth-order valence-corrected chi connectivity index (χ4v) is 2.72. The third-order valence-corrected chi connectivity index (χ3v) is 4.27. The van der Waals surface area contributed by atoms with Gasteiger partial charge in [0.1, 0.15) is 0 Å². The monoisotopic (exact) mass is 348 g/mol. The van der Waals surface area contributed by atoms with Gasteiger partial charge in [0.25, 0.3) is 5.91 Å². The van der Waals surface area contributed by atoms with Gasteiger partial charge in [-0.2, -0.15) is 0 Å². The lowest BCUT2D eigenvalue weighted by atomic mass is 10.1. The molecule has 1 aromatic carbocycles. The number of rotatable bonds is 6. The van der Waals surface area contributed by atoms with Crippen LogP contribution in [0.15, 0.2) is 24.3 Å². The van der Waals surface area contributed by atoms with Gasteiger partial charge in [0.05, 0.1) is 17.6 Å². The number of aromatic nitrogens is 1. The van der Waals surface area contributed by atoms with E-state index in [1.807, 2.05) is 0 Å². The maximum atomic E-state index is 12.6. The summed E-state index contributed by atoms with van der Waals surface area (Å²) < 4.78 is 4.83. The van der Waals surface area contributed by atoms with Gasteiger partial charge in [-0.25, -0.2) is 4.79 Å². The Hall–Kier alpha value is -2.18. The number of methoxy groups -OCH3 is 1. The molecule has 3 rings (SSSR count). The number of aliphatic carboxylic acids is 1. The standard InChI is InChI=1S/C17H17ClN2O4/c1-24-15(17(22)23)8-19-16(21)12-7-14(9-2-3-9)20-13-5-4-10(18)6-11(12)13/h4-7,9,15H,2-3,8H2,1H3,(H,19,21)(H,22,23). The largest absolute Gasteiger partial charge is 0.479 e. The highest BCUT2D eigenvalue weighted by atomic mass is 35.5. The van der Waals surface area contributed by atoms with E-state index in [2.05, 4.69) is 10.3 Å². The predicted molar refractivity (Wildman–Crippen MR) is 89.5 cm³/mol. The van der Waals surface area contributed by atoms with Crippen molar-refractivity contribution in [2.24, 2.45) is 0 Å². The Morgan fingerprint density at radius 1 is 1.42 bits per heavy atom. The molecule has 1 saturated carbocycles. The highest BCUT2D eigenvalue weighted by molar-refractivity contribution is 6.31. The normalized spacial score (nSPS) is 15.2. The molecule has 1 atom stereocenters. The fraction of sp³-hybridized carbons (Fsp3) is 0.353. The number of amides is 1. The summed E-state index contributed by atoms with van der Waals surface area (Å²) in [6.45, 7) is -0.117. The van der Waals surface area contributed by atoms with Crippen LogP contribution in [-0.4, -0.2) is 41.7 Å². The predicted octanol–water partition coefficient (Wildman–Crippen LogP) is 2.60. The lowest BCUT2D eigenvalue weighted by Crippen LogP contribution is -2.38. The molecule has 24 heavy (non-hydrogen) atoms. The van der Waals surface area contributed by atoms with E-state index in [0.717, 1.165) is 18.5 Å². The van der Waals surface area contributed by atoms with Gasteiger partial charge in [0.2, 0.25) is 0 Å². The number of carbonyl (C=O) groups is 2. The number of halogens is 1. The summed E-state index contributed by atoms with van der Waals surface area (Å²) in [6, 6.07) is 6.99. The number of fused-ring (bicyclic) bond motifs is 1. The molecule has 1 fully saturated rings. The summed E-state index contributed by atoms with van der Waals surface area (Å²) in [5.74, 6) is -1.10. The highest BCUT2D eigenvalue weighted by Crippen LogP contribution is 2.40. The first kappa shape index (κ1) is 16.7. The molecule has 1 unspecified atom stereocenters. The Morgan fingerprint density at radius 3 is 2.79 bits per heavy atom. The number of hydrogen-bond acceptors (Lipinski definition) is 4. The number of hydrogen-bond donors (Lipinski definition) is 2. The maximum Gasteiger partial charge on any atom is 0.334 e. The fourth-order valence-electron chi connectivity index (χ4n) is 2.55. The van der Waals surface area contributed by atoms with Crippen molar-refractivity contribution in [3.8, 4) is 0 Å².